The molecule has 49 heavy (non-hydrogen) atoms. The van der Waals surface area contributed by atoms with Gasteiger partial charge in [0.2, 0.25) is 6.79 Å². The van der Waals surface area contributed by atoms with Crippen LogP contribution in [-0.2, 0) is 4.74 Å². The highest BCUT2D eigenvalue weighted by Gasteiger charge is 2.31. The van der Waals surface area contributed by atoms with Gasteiger partial charge in [-0.2, -0.15) is 0 Å². The lowest BCUT2D eigenvalue weighted by Crippen LogP contribution is -2.48. The van der Waals surface area contributed by atoms with E-state index in [1.165, 1.54) is 0 Å². The van der Waals surface area contributed by atoms with Crippen molar-refractivity contribution in [1.82, 2.24) is 9.80 Å². The van der Waals surface area contributed by atoms with Gasteiger partial charge in [-0.05, 0) is 75.6 Å². The van der Waals surface area contributed by atoms with Gasteiger partial charge < -0.3 is 44.5 Å². The largest absolute Gasteiger partial charge is 0.490 e. The van der Waals surface area contributed by atoms with E-state index in [1.54, 1.807) is 72.3 Å². The zero-order valence-electron chi connectivity index (χ0n) is 28.5. The Morgan fingerprint density at radius 3 is 2.39 bits per heavy atom. The van der Waals surface area contributed by atoms with Gasteiger partial charge in [0.05, 0.1) is 30.4 Å². The van der Waals surface area contributed by atoms with E-state index in [0.717, 1.165) is 19.3 Å². The van der Waals surface area contributed by atoms with Gasteiger partial charge in [-0.15, -0.1) is 0 Å². The van der Waals surface area contributed by atoms with Gasteiger partial charge in [-0.25, -0.2) is 4.79 Å². The average Bonchev–Trinajstić information content (AvgIpc) is 3.57. The second kappa shape index (κ2) is 16.5. The number of urea groups is 1. The zero-order chi connectivity index (χ0) is 34.9. The van der Waals surface area contributed by atoms with E-state index in [1.807, 2.05) is 32.0 Å². The Labute approximate surface area is 287 Å². The van der Waals surface area contributed by atoms with Crippen LogP contribution >= 0.6 is 0 Å². The normalized spacial score (nSPS) is 20.3. The first kappa shape index (κ1) is 35.5. The zero-order valence-corrected chi connectivity index (χ0v) is 28.5. The molecule has 0 saturated carbocycles. The number of anilines is 2. The van der Waals surface area contributed by atoms with E-state index in [0.29, 0.717) is 47.3 Å². The molecule has 0 saturated heterocycles. The second-order valence-corrected chi connectivity index (χ2v) is 12.7. The van der Waals surface area contributed by atoms with Crippen molar-refractivity contribution in [3.05, 3.63) is 77.9 Å². The van der Waals surface area contributed by atoms with Crippen LogP contribution in [0.25, 0.3) is 0 Å². The quantitative estimate of drug-likeness (QED) is 0.293. The third kappa shape index (κ3) is 9.21. The Morgan fingerprint density at radius 1 is 0.959 bits per heavy atom. The number of benzene rings is 3. The summed E-state index contributed by atoms with van der Waals surface area (Å²) in [5.41, 5.74) is 1.74. The van der Waals surface area contributed by atoms with Crippen molar-refractivity contribution < 1.29 is 38.4 Å². The van der Waals surface area contributed by atoms with Crippen LogP contribution in [0.2, 0.25) is 0 Å². The van der Waals surface area contributed by atoms with E-state index in [4.69, 9.17) is 18.9 Å². The van der Waals surface area contributed by atoms with Gasteiger partial charge in [0.25, 0.3) is 11.8 Å². The maximum absolute atomic E-state index is 14.4. The third-order valence-electron chi connectivity index (χ3n) is 8.76. The van der Waals surface area contributed by atoms with Crippen molar-refractivity contribution in [2.24, 2.45) is 5.92 Å². The summed E-state index contributed by atoms with van der Waals surface area (Å²) in [5.74, 6) is 0.848. The fourth-order valence-corrected chi connectivity index (χ4v) is 5.88. The molecule has 2 aliphatic rings. The Kier molecular flexibility index (Phi) is 12.0. The molecule has 3 aromatic rings. The molecule has 3 N–H and O–H groups in total. The summed E-state index contributed by atoms with van der Waals surface area (Å²) in [6.45, 7) is 6.64. The number of aliphatic hydroxyl groups is 1. The molecule has 4 amide bonds. The van der Waals surface area contributed by atoms with Crippen LogP contribution in [0.15, 0.2) is 66.7 Å². The highest BCUT2D eigenvalue weighted by Crippen LogP contribution is 2.34. The lowest BCUT2D eigenvalue weighted by molar-refractivity contribution is -0.0149. The molecule has 12 nitrogen and oxygen atoms in total. The predicted octanol–water partition coefficient (Wildman–Crippen LogP) is 5.63. The average molecular weight is 675 g/mol. The van der Waals surface area contributed by atoms with Crippen molar-refractivity contribution in [2.45, 2.75) is 58.3 Å². The number of carbonyl (C=O) groups excluding carboxylic acids is 3. The maximum Gasteiger partial charge on any atom is 0.323 e. The van der Waals surface area contributed by atoms with Crippen LogP contribution in [0.4, 0.5) is 16.2 Å². The van der Waals surface area contributed by atoms with E-state index in [9.17, 15) is 19.5 Å². The highest BCUT2D eigenvalue weighted by molar-refractivity contribution is 6.02. The lowest BCUT2D eigenvalue weighted by atomic mass is 10.0. The monoisotopic (exact) mass is 674 g/mol. The topological polar surface area (TPSA) is 139 Å². The van der Waals surface area contributed by atoms with Crippen LogP contribution in [0.5, 0.6) is 17.2 Å². The number of carbonyl (C=O) groups is 3. The minimum absolute atomic E-state index is 0.116. The summed E-state index contributed by atoms with van der Waals surface area (Å²) in [4.78, 5) is 43.8. The summed E-state index contributed by atoms with van der Waals surface area (Å²) in [6.07, 6.45) is 1.81. The molecule has 0 bridgehead atoms. The molecule has 0 spiro atoms. The number of fused-ring (bicyclic) bond motifs is 2. The Morgan fingerprint density at radius 2 is 1.65 bits per heavy atom. The molecule has 0 unspecified atom stereocenters. The van der Waals surface area contributed by atoms with Gasteiger partial charge in [0, 0.05) is 55.7 Å². The summed E-state index contributed by atoms with van der Waals surface area (Å²) >= 11 is 0. The SMILES string of the molecule is C[C@@H]1CN([C@H](C)CO)C(=O)c2cc(NC(=O)Nc3ccc4c(c3)OCO4)ccc2O[C@@H](C)CCCCO[C@@H]1CN(C)C(=O)c1ccccc1. The molecule has 4 atom stereocenters. The summed E-state index contributed by atoms with van der Waals surface area (Å²) in [7, 11) is 1.75. The van der Waals surface area contributed by atoms with Crippen molar-refractivity contribution in [2.75, 3.05) is 50.8 Å². The smallest absolute Gasteiger partial charge is 0.323 e. The number of nitrogens with zero attached hydrogens (tertiary/aromatic N) is 2. The Hall–Kier alpha value is -4.81. The van der Waals surface area contributed by atoms with E-state index >= 15 is 0 Å². The Balaban J connectivity index is 1.38. The van der Waals surface area contributed by atoms with Gasteiger partial charge >= 0.3 is 6.03 Å². The fourth-order valence-electron chi connectivity index (χ4n) is 5.88. The highest BCUT2D eigenvalue weighted by atomic mass is 16.7. The van der Waals surface area contributed by atoms with Gasteiger partial charge in [-0.1, -0.05) is 25.1 Å². The predicted molar refractivity (Wildman–Crippen MR) is 185 cm³/mol. The molecular formula is C37H46N4O8. The molecular weight excluding hydrogens is 628 g/mol. The van der Waals surface area contributed by atoms with Gasteiger partial charge in [0.1, 0.15) is 5.75 Å². The van der Waals surface area contributed by atoms with Crippen LogP contribution < -0.4 is 24.8 Å². The lowest BCUT2D eigenvalue weighted by Gasteiger charge is -2.36. The molecule has 2 aliphatic heterocycles. The molecule has 2 heterocycles. The molecule has 0 radical (unpaired) electrons. The number of hydrogen-bond acceptors (Lipinski definition) is 8. The second-order valence-electron chi connectivity index (χ2n) is 12.7. The third-order valence-corrected chi connectivity index (χ3v) is 8.76. The molecule has 262 valence electrons. The molecule has 0 aliphatic carbocycles. The number of nitrogens with one attached hydrogen (secondary N) is 2. The first-order valence-electron chi connectivity index (χ1n) is 16.7. The minimum Gasteiger partial charge on any atom is -0.490 e. The first-order chi connectivity index (χ1) is 23.6. The minimum atomic E-state index is -0.539. The number of aliphatic hydroxyl groups excluding tert-OH is 1. The fraction of sp³-hybridized carbons (Fsp3) is 0.432. The van der Waals surface area contributed by atoms with Crippen molar-refractivity contribution in [3.63, 3.8) is 0 Å². The van der Waals surface area contributed by atoms with Crippen molar-refractivity contribution in [3.8, 4) is 17.2 Å². The molecule has 3 aromatic carbocycles. The number of hydrogen-bond donors (Lipinski definition) is 3. The van der Waals surface area contributed by atoms with Crippen molar-refractivity contribution in [1.29, 1.82) is 0 Å². The summed E-state index contributed by atoms with van der Waals surface area (Å²) < 4.78 is 23.4. The van der Waals surface area contributed by atoms with Gasteiger partial charge in [0.15, 0.2) is 11.5 Å². The number of amides is 4. The number of rotatable bonds is 7. The van der Waals surface area contributed by atoms with Crippen LogP contribution in [0, 0.1) is 5.92 Å². The molecule has 5 rings (SSSR count). The molecule has 12 heteroatoms. The van der Waals surface area contributed by atoms with Crippen LogP contribution in [-0.4, -0.2) is 91.1 Å². The van der Waals surface area contributed by atoms with Crippen LogP contribution in [0.1, 0.15) is 60.7 Å². The van der Waals surface area contributed by atoms with E-state index in [2.05, 4.69) is 10.6 Å². The van der Waals surface area contributed by atoms with Gasteiger partial charge in [-0.3, -0.25) is 9.59 Å². The van der Waals surface area contributed by atoms with Crippen molar-refractivity contribution >= 4 is 29.2 Å². The first-order valence-corrected chi connectivity index (χ1v) is 16.7. The van der Waals surface area contributed by atoms with Crippen LogP contribution in [0.3, 0.4) is 0 Å². The van der Waals surface area contributed by atoms with E-state index < -0.39 is 12.1 Å². The number of likely N-dealkylation sites (N-methyl/N-ethyl adjacent to an activating group) is 1. The standard InChI is InChI=1S/C37H46N4O8/c1-24-20-41(25(2)22-42)36(44)30-18-28(38-37(45)39-29-14-16-32-33(19-29)48-23-47-32)13-15-31(30)49-26(3)10-8-9-17-46-34(24)21-40(4)35(43)27-11-6-5-7-12-27/h5-7,11-16,18-19,24-26,34,42H,8-10,17,20-23H2,1-4H3,(H2,38,39,45)/t24-,25-,26+,34-/m1/s1. The maximum atomic E-state index is 14.4. The molecule has 0 fully saturated rings. The summed E-state index contributed by atoms with van der Waals surface area (Å²) in [5, 5.41) is 15.8. The molecule has 0 aromatic heterocycles. The van der Waals surface area contributed by atoms with E-state index in [-0.39, 0.29) is 55.4 Å². The summed E-state index contributed by atoms with van der Waals surface area (Å²) in [6, 6.07) is 18.1. The number of ether oxygens (including phenoxy) is 4. The Bertz CT molecular complexity index is 1600.